The highest BCUT2D eigenvalue weighted by atomic mass is 16.5. The van der Waals surface area contributed by atoms with Crippen LogP contribution in [0.25, 0.3) is 0 Å². The van der Waals surface area contributed by atoms with E-state index in [0.29, 0.717) is 0 Å². The summed E-state index contributed by atoms with van der Waals surface area (Å²) in [7, 11) is 1.74. The van der Waals surface area contributed by atoms with Crippen molar-refractivity contribution < 1.29 is 4.74 Å². The molecule has 0 aliphatic rings. The number of ether oxygens (including phenoxy) is 1. The van der Waals surface area contributed by atoms with Crippen LogP contribution in [0.2, 0.25) is 0 Å². The highest BCUT2D eigenvalue weighted by Crippen LogP contribution is 2.01. The first-order valence-electron chi connectivity index (χ1n) is 4.68. The number of methoxy groups -OCH3 is 1. The van der Waals surface area contributed by atoms with Crippen LogP contribution in [0.5, 0.6) is 0 Å². The third-order valence-corrected chi connectivity index (χ3v) is 1.71. The number of hydrogen-bond donors (Lipinski definition) is 0. The van der Waals surface area contributed by atoms with Crippen molar-refractivity contribution in [3.63, 3.8) is 0 Å². The van der Waals surface area contributed by atoms with E-state index in [1.807, 2.05) is 0 Å². The predicted molar refractivity (Wildman–Crippen MR) is 54.3 cm³/mol. The fourth-order valence-corrected chi connectivity index (χ4v) is 0.920. The fraction of sp³-hybridized carbons (Fsp3) is 0.636. The highest BCUT2D eigenvalue weighted by Gasteiger charge is 1.88. The third-order valence-electron chi connectivity index (χ3n) is 1.71. The summed E-state index contributed by atoms with van der Waals surface area (Å²) in [5.41, 5.74) is 1.35. The molecule has 0 saturated heterocycles. The maximum Gasteiger partial charge on any atom is 0.0675 e. The summed E-state index contributed by atoms with van der Waals surface area (Å²) in [6.07, 6.45) is 9.94. The fourth-order valence-electron chi connectivity index (χ4n) is 0.920. The maximum absolute atomic E-state index is 5.05. The Bertz CT molecular complexity index is 145. The van der Waals surface area contributed by atoms with Gasteiger partial charge in [-0.05, 0) is 18.4 Å². The molecule has 0 fully saturated rings. The number of unbranched alkanes of at least 4 members (excludes halogenated alkanes) is 1. The van der Waals surface area contributed by atoms with E-state index in [1.165, 1.54) is 18.4 Å². The second-order valence-corrected chi connectivity index (χ2v) is 2.83. The van der Waals surface area contributed by atoms with Gasteiger partial charge in [0.2, 0.25) is 0 Å². The molecule has 0 aromatic rings. The van der Waals surface area contributed by atoms with Crippen molar-refractivity contribution >= 4 is 0 Å². The van der Waals surface area contributed by atoms with Gasteiger partial charge in [0.15, 0.2) is 0 Å². The van der Waals surface area contributed by atoms with Gasteiger partial charge in [-0.25, -0.2) is 0 Å². The summed E-state index contributed by atoms with van der Waals surface area (Å²) in [6.45, 7) is 5.09. The van der Waals surface area contributed by atoms with Crippen LogP contribution in [0.3, 0.4) is 0 Å². The van der Waals surface area contributed by atoms with Crippen molar-refractivity contribution in [1.82, 2.24) is 0 Å². The van der Waals surface area contributed by atoms with Gasteiger partial charge in [0.25, 0.3) is 0 Å². The first-order chi connectivity index (χ1) is 5.85. The van der Waals surface area contributed by atoms with Crippen LogP contribution < -0.4 is 0 Å². The average molecular weight is 168 g/mol. The molecule has 0 aromatic carbocycles. The Morgan fingerprint density at radius 1 is 1.33 bits per heavy atom. The van der Waals surface area contributed by atoms with Crippen molar-refractivity contribution in [2.45, 2.75) is 33.1 Å². The predicted octanol–water partition coefficient (Wildman–Crippen LogP) is 3.33. The number of rotatable bonds is 6. The molecule has 0 rings (SSSR count). The smallest absolute Gasteiger partial charge is 0.0675 e. The summed E-state index contributed by atoms with van der Waals surface area (Å²) in [5.74, 6) is 0. The summed E-state index contributed by atoms with van der Waals surface area (Å²) in [5, 5.41) is 0. The first kappa shape index (κ1) is 11.4. The molecule has 1 nitrogen and oxygen atoms in total. The van der Waals surface area contributed by atoms with E-state index in [9.17, 15) is 0 Å². The van der Waals surface area contributed by atoms with Crippen LogP contribution in [-0.4, -0.2) is 13.7 Å². The monoisotopic (exact) mass is 168 g/mol. The molecule has 0 aromatic heterocycles. The van der Waals surface area contributed by atoms with Gasteiger partial charge >= 0.3 is 0 Å². The van der Waals surface area contributed by atoms with Crippen LogP contribution >= 0.6 is 0 Å². The molecule has 0 saturated carbocycles. The lowest BCUT2D eigenvalue weighted by Gasteiger charge is -1.99. The first-order valence-corrected chi connectivity index (χ1v) is 4.68. The minimum Gasteiger partial charge on any atom is -0.380 e. The Labute approximate surface area is 76.1 Å². The Hall–Kier alpha value is -0.560. The van der Waals surface area contributed by atoms with E-state index < -0.39 is 0 Å². The zero-order chi connectivity index (χ0) is 9.23. The largest absolute Gasteiger partial charge is 0.380 e. The lowest BCUT2D eigenvalue weighted by molar-refractivity contribution is 0.223. The van der Waals surface area contributed by atoms with E-state index in [2.05, 4.69) is 32.1 Å². The molecule has 1 heteroatoms. The molecule has 0 radical (unpaired) electrons. The van der Waals surface area contributed by atoms with E-state index in [4.69, 9.17) is 4.74 Å². The molecule has 0 amide bonds. The SMILES string of the molecule is CCCC=CC=C(CC)COC. The Kier molecular flexibility index (Phi) is 8.14. The van der Waals surface area contributed by atoms with Gasteiger partial charge in [-0.15, -0.1) is 0 Å². The molecule has 0 spiro atoms. The maximum atomic E-state index is 5.05. The van der Waals surface area contributed by atoms with Crippen molar-refractivity contribution in [3.8, 4) is 0 Å². The molecule has 0 bridgehead atoms. The van der Waals surface area contributed by atoms with Gasteiger partial charge in [-0.1, -0.05) is 38.5 Å². The van der Waals surface area contributed by atoms with Gasteiger partial charge in [0.1, 0.15) is 0 Å². The summed E-state index contributed by atoms with van der Waals surface area (Å²) >= 11 is 0. The van der Waals surface area contributed by atoms with Crippen molar-refractivity contribution in [3.05, 3.63) is 23.8 Å². The Morgan fingerprint density at radius 2 is 2.08 bits per heavy atom. The second-order valence-electron chi connectivity index (χ2n) is 2.83. The molecule has 0 aliphatic carbocycles. The van der Waals surface area contributed by atoms with E-state index in [0.717, 1.165) is 13.0 Å². The molecular formula is C11H20O. The van der Waals surface area contributed by atoms with E-state index >= 15 is 0 Å². The molecular weight excluding hydrogens is 148 g/mol. The zero-order valence-corrected chi connectivity index (χ0v) is 8.47. The van der Waals surface area contributed by atoms with Gasteiger partial charge in [0.05, 0.1) is 6.61 Å². The second kappa shape index (κ2) is 8.54. The number of allylic oxidation sites excluding steroid dienone is 3. The van der Waals surface area contributed by atoms with Gasteiger partial charge < -0.3 is 4.74 Å². The van der Waals surface area contributed by atoms with Gasteiger partial charge in [-0.3, -0.25) is 0 Å². The average Bonchev–Trinajstić information content (AvgIpc) is 2.10. The van der Waals surface area contributed by atoms with E-state index in [-0.39, 0.29) is 0 Å². The standard InChI is InChI=1S/C11H20O/c1-4-6-7-8-9-11(5-2)10-12-3/h7-9H,4-6,10H2,1-3H3. The van der Waals surface area contributed by atoms with Crippen LogP contribution in [0.1, 0.15) is 33.1 Å². The summed E-state index contributed by atoms with van der Waals surface area (Å²) in [6, 6.07) is 0. The third kappa shape index (κ3) is 6.17. The van der Waals surface area contributed by atoms with Crippen LogP contribution in [-0.2, 0) is 4.74 Å². The zero-order valence-electron chi connectivity index (χ0n) is 8.47. The Morgan fingerprint density at radius 3 is 2.58 bits per heavy atom. The van der Waals surface area contributed by atoms with Gasteiger partial charge in [-0.2, -0.15) is 0 Å². The molecule has 12 heavy (non-hydrogen) atoms. The molecule has 0 heterocycles. The molecule has 0 aliphatic heterocycles. The van der Waals surface area contributed by atoms with Crippen molar-refractivity contribution in [2.75, 3.05) is 13.7 Å². The highest BCUT2D eigenvalue weighted by molar-refractivity contribution is 5.12. The summed E-state index contributed by atoms with van der Waals surface area (Å²) in [4.78, 5) is 0. The molecule has 0 atom stereocenters. The minimum atomic E-state index is 0.757. The van der Waals surface area contributed by atoms with Crippen LogP contribution in [0, 0.1) is 0 Å². The minimum absolute atomic E-state index is 0.757. The lowest BCUT2D eigenvalue weighted by Crippen LogP contribution is -1.91. The van der Waals surface area contributed by atoms with Crippen molar-refractivity contribution in [2.24, 2.45) is 0 Å². The number of hydrogen-bond acceptors (Lipinski definition) is 1. The normalized spacial score (nSPS) is 12.8. The van der Waals surface area contributed by atoms with Gasteiger partial charge in [0, 0.05) is 7.11 Å². The molecule has 0 unspecified atom stereocenters. The van der Waals surface area contributed by atoms with E-state index in [1.54, 1.807) is 7.11 Å². The van der Waals surface area contributed by atoms with Crippen molar-refractivity contribution in [1.29, 1.82) is 0 Å². The summed E-state index contributed by atoms with van der Waals surface area (Å²) < 4.78 is 5.05. The lowest BCUT2D eigenvalue weighted by atomic mass is 10.2. The quantitative estimate of drug-likeness (QED) is 0.553. The van der Waals surface area contributed by atoms with Crippen LogP contribution in [0.15, 0.2) is 23.8 Å². The van der Waals surface area contributed by atoms with Crippen LogP contribution in [0.4, 0.5) is 0 Å². The molecule has 0 N–H and O–H groups in total. The topological polar surface area (TPSA) is 9.23 Å². The Balaban J connectivity index is 3.75. The molecule has 70 valence electrons.